The van der Waals surface area contributed by atoms with E-state index < -0.39 is 0 Å². The summed E-state index contributed by atoms with van der Waals surface area (Å²) in [6.45, 7) is 0.301. The lowest BCUT2D eigenvalue weighted by Gasteiger charge is -2.16. The Morgan fingerprint density at radius 3 is 2.56 bits per heavy atom. The number of benzene rings is 1. The molecule has 3 nitrogen and oxygen atoms in total. The molecular formula is C11H10Cl4N2O. The standard InChI is InChI=1S/C11H10Cl4N2O/c1-17(5-4-10(14)15)11(18)16-7-2-3-8(12)9(13)6-7/h2-4,6H,5H2,1H3,(H,16,18). The number of likely N-dealkylation sites (N-methyl/N-ethyl adjacent to an activating group) is 1. The molecule has 0 heterocycles. The molecule has 7 heteroatoms. The highest BCUT2D eigenvalue weighted by Gasteiger charge is 2.08. The van der Waals surface area contributed by atoms with Crippen LogP contribution in [0.2, 0.25) is 10.0 Å². The molecular weight excluding hydrogens is 318 g/mol. The topological polar surface area (TPSA) is 32.3 Å². The molecule has 0 aliphatic rings. The molecule has 0 radical (unpaired) electrons. The van der Waals surface area contributed by atoms with Crippen molar-refractivity contribution in [3.05, 3.63) is 38.8 Å². The Kier molecular flexibility index (Phi) is 6.09. The third-order valence-electron chi connectivity index (χ3n) is 2.04. The number of nitrogens with zero attached hydrogens (tertiary/aromatic N) is 1. The van der Waals surface area contributed by atoms with E-state index in [1.165, 1.54) is 11.0 Å². The third-order valence-corrected chi connectivity index (χ3v) is 3.08. The van der Waals surface area contributed by atoms with Gasteiger partial charge in [-0.25, -0.2) is 4.79 Å². The van der Waals surface area contributed by atoms with Crippen molar-refractivity contribution in [1.82, 2.24) is 4.90 Å². The third kappa shape index (κ3) is 4.94. The molecule has 0 saturated carbocycles. The number of carbonyl (C=O) groups is 1. The highest BCUT2D eigenvalue weighted by molar-refractivity contribution is 6.55. The second-order valence-corrected chi connectivity index (χ2v) is 5.26. The van der Waals surface area contributed by atoms with Crippen LogP contribution in [0.3, 0.4) is 0 Å². The number of hydrogen-bond acceptors (Lipinski definition) is 1. The second-order valence-electron chi connectivity index (χ2n) is 3.43. The molecule has 0 aromatic heterocycles. The number of nitrogens with one attached hydrogen (secondary N) is 1. The van der Waals surface area contributed by atoms with Gasteiger partial charge < -0.3 is 10.2 Å². The normalized spacial score (nSPS) is 9.83. The number of halogens is 4. The van der Waals surface area contributed by atoms with E-state index in [0.717, 1.165) is 0 Å². The summed E-state index contributed by atoms with van der Waals surface area (Å²) in [4.78, 5) is 13.2. The summed E-state index contributed by atoms with van der Waals surface area (Å²) in [5.41, 5.74) is 0.558. The molecule has 0 saturated heterocycles. The first-order chi connectivity index (χ1) is 8.40. The van der Waals surface area contributed by atoms with E-state index in [2.05, 4.69) is 5.32 Å². The van der Waals surface area contributed by atoms with Gasteiger partial charge in [0.2, 0.25) is 0 Å². The summed E-state index contributed by atoms with van der Waals surface area (Å²) >= 11 is 22.5. The summed E-state index contributed by atoms with van der Waals surface area (Å²) in [6.07, 6.45) is 1.51. The number of amides is 2. The van der Waals surface area contributed by atoms with Gasteiger partial charge in [0.25, 0.3) is 0 Å². The fourth-order valence-corrected chi connectivity index (χ4v) is 1.52. The molecule has 0 aliphatic heterocycles. The van der Waals surface area contributed by atoms with Crippen molar-refractivity contribution < 1.29 is 4.79 Å². The van der Waals surface area contributed by atoms with Crippen LogP contribution in [0.5, 0.6) is 0 Å². The first-order valence-corrected chi connectivity index (χ1v) is 6.39. The molecule has 0 spiro atoms. The first kappa shape index (κ1) is 15.4. The minimum Gasteiger partial charge on any atom is -0.324 e. The van der Waals surface area contributed by atoms with Crippen molar-refractivity contribution in [3.8, 4) is 0 Å². The van der Waals surface area contributed by atoms with E-state index in [9.17, 15) is 4.79 Å². The Bertz CT molecular complexity index is 472. The van der Waals surface area contributed by atoms with Gasteiger partial charge in [0.15, 0.2) is 0 Å². The van der Waals surface area contributed by atoms with Crippen molar-refractivity contribution in [2.75, 3.05) is 18.9 Å². The predicted molar refractivity (Wildman–Crippen MR) is 77.9 cm³/mol. The Morgan fingerprint density at radius 1 is 1.33 bits per heavy atom. The first-order valence-electron chi connectivity index (χ1n) is 4.88. The van der Waals surface area contributed by atoms with E-state index in [1.54, 1.807) is 25.2 Å². The van der Waals surface area contributed by atoms with Gasteiger partial charge in [-0.1, -0.05) is 46.4 Å². The summed E-state index contributed by atoms with van der Waals surface area (Å²) < 4.78 is 0.115. The lowest BCUT2D eigenvalue weighted by atomic mass is 10.3. The van der Waals surface area contributed by atoms with Crippen LogP contribution in [0.4, 0.5) is 10.5 Å². The largest absolute Gasteiger partial charge is 0.324 e. The minimum absolute atomic E-state index is 0.115. The van der Waals surface area contributed by atoms with Crippen molar-refractivity contribution in [3.63, 3.8) is 0 Å². The van der Waals surface area contributed by atoms with Crippen LogP contribution < -0.4 is 5.32 Å². The lowest BCUT2D eigenvalue weighted by Crippen LogP contribution is -2.31. The van der Waals surface area contributed by atoms with Gasteiger partial charge in [-0.15, -0.1) is 0 Å². The van der Waals surface area contributed by atoms with Crippen LogP contribution in [0.1, 0.15) is 0 Å². The average molecular weight is 328 g/mol. The Labute approximate surface area is 125 Å². The number of anilines is 1. The second kappa shape index (κ2) is 7.10. The van der Waals surface area contributed by atoms with Crippen molar-refractivity contribution >= 4 is 58.1 Å². The molecule has 1 N–H and O–H groups in total. The molecule has 2 amide bonds. The van der Waals surface area contributed by atoms with E-state index in [0.29, 0.717) is 22.3 Å². The van der Waals surface area contributed by atoms with Crippen molar-refractivity contribution in [1.29, 1.82) is 0 Å². The molecule has 0 unspecified atom stereocenters. The van der Waals surface area contributed by atoms with Crippen molar-refractivity contribution in [2.24, 2.45) is 0 Å². The molecule has 0 aliphatic carbocycles. The lowest BCUT2D eigenvalue weighted by molar-refractivity contribution is 0.226. The zero-order valence-electron chi connectivity index (χ0n) is 9.38. The number of carbonyl (C=O) groups excluding carboxylic acids is 1. The van der Waals surface area contributed by atoms with E-state index in [-0.39, 0.29) is 10.5 Å². The summed E-state index contributed by atoms with van der Waals surface area (Å²) in [5, 5.41) is 3.47. The highest BCUT2D eigenvalue weighted by Crippen LogP contribution is 2.25. The quantitative estimate of drug-likeness (QED) is 0.851. The van der Waals surface area contributed by atoms with Crippen LogP contribution in [0.25, 0.3) is 0 Å². The highest BCUT2D eigenvalue weighted by atomic mass is 35.5. The van der Waals surface area contributed by atoms with Gasteiger partial charge in [-0.05, 0) is 24.3 Å². The van der Waals surface area contributed by atoms with Crippen molar-refractivity contribution in [2.45, 2.75) is 0 Å². The smallest absolute Gasteiger partial charge is 0.321 e. The predicted octanol–water partition coefficient (Wildman–Crippen LogP) is 4.78. The van der Waals surface area contributed by atoms with E-state index in [1.807, 2.05) is 0 Å². The molecule has 0 bridgehead atoms. The number of hydrogen-bond donors (Lipinski definition) is 1. The minimum atomic E-state index is -0.306. The SMILES string of the molecule is CN(CC=C(Cl)Cl)C(=O)Nc1ccc(Cl)c(Cl)c1. The fraction of sp³-hybridized carbons (Fsp3) is 0.182. The monoisotopic (exact) mass is 326 g/mol. The summed E-state index contributed by atoms with van der Waals surface area (Å²) in [7, 11) is 1.61. The van der Waals surface area contributed by atoms with Crippen LogP contribution in [0, 0.1) is 0 Å². The Balaban J connectivity index is 2.63. The fourth-order valence-electron chi connectivity index (χ4n) is 1.08. The average Bonchev–Trinajstić information content (AvgIpc) is 2.30. The molecule has 18 heavy (non-hydrogen) atoms. The molecule has 98 valence electrons. The van der Waals surface area contributed by atoms with Crippen LogP contribution in [0.15, 0.2) is 28.8 Å². The molecule has 1 rings (SSSR count). The van der Waals surface area contributed by atoms with Gasteiger partial charge in [0.1, 0.15) is 4.49 Å². The zero-order valence-corrected chi connectivity index (χ0v) is 12.4. The van der Waals surface area contributed by atoms with Gasteiger partial charge >= 0.3 is 6.03 Å². The van der Waals surface area contributed by atoms with Gasteiger partial charge in [0, 0.05) is 19.3 Å². The van der Waals surface area contributed by atoms with Gasteiger partial charge in [-0.3, -0.25) is 0 Å². The Morgan fingerprint density at radius 2 is 2.00 bits per heavy atom. The van der Waals surface area contributed by atoms with E-state index in [4.69, 9.17) is 46.4 Å². The number of urea groups is 1. The number of rotatable bonds is 3. The molecule has 1 aromatic rings. The maximum absolute atomic E-state index is 11.7. The van der Waals surface area contributed by atoms with Gasteiger partial charge in [-0.2, -0.15) is 0 Å². The van der Waals surface area contributed by atoms with Crippen LogP contribution >= 0.6 is 46.4 Å². The molecule has 1 aromatic carbocycles. The van der Waals surface area contributed by atoms with Crippen LogP contribution in [-0.2, 0) is 0 Å². The summed E-state index contributed by atoms with van der Waals surface area (Å²) in [5.74, 6) is 0. The molecule has 0 atom stereocenters. The van der Waals surface area contributed by atoms with Gasteiger partial charge in [0.05, 0.1) is 10.0 Å². The Hall–Kier alpha value is -0.610. The van der Waals surface area contributed by atoms with Crippen LogP contribution in [-0.4, -0.2) is 24.5 Å². The maximum Gasteiger partial charge on any atom is 0.321 e. The molecule has 0 fully saturated rings. The maximum atomic E-state index is 11.7. The van der Waals surface area contributed by atoms with E-state index >= 15 is 0 Å². The summed E-state index contributed by atoms with van der Waals surface area (Å²) in [6, 6.07) is 4.53. The zero-order chi connectivity index (χ0) is 13.7.